The Labute approximate surface area is 138 Å². The molecule has 114 valence electrons. The molecule has 4 nitrogen and oxygen atoms in total. The Balaban J connectivity index is 1.82. The van der Waals surface area contributed by atoms with Gasteiger partial charge in [-0.05, 0) is 45.6 Å². The van der Waals surface area contributed by atoms with Crippen LogP contribution in [0.5, 0.6) is 0 Å². The summed E-state index contributed by atoms with van der Waals surface area (Å²) in [6, 6.07) is 2.31. The van der Waals surface area contributed by atoms with E-state index in [1.807, 2.05) is 0 Å². The minimum absolute atomic E-state index is 0.326. The molecule has 2 heterocycles. The van der Waals surface area contributed by atoms with Crippen LogP contribution in [-0.4, -0.2) is 14.8 Å². The quantitative estimate of drug-likeness (QED) is 0.731. The van der Waals surface area contributed by atoms with Crippen molar-refractivity contribution in [1.29, 1.82) is 0 Å². The average Bonchev–Trinajstić information content (AvgIpc) is 3.42. The summed E-state index contributed by atoms with van der Waals surface area (Å²) in [5.41, 5.74) is -0.326. The van der Waals surface area contributed by atoms with Crippen LogP contribution in [-0.2, 0) is 5.41 Å². The van der Waals surface area contributed by atoms with Gasteiger partial charge < -0.3 is 4.57 Å². The van der Waals surface area contributed by atoms with Gasteiger partial charge >= 0.3 is 0 Å². The van der Waals surface area contributed by atoms with E-state index in [0.29, 0.717) is 22.0 Å². The van der Waals surface area contributed by atoms with Gasteiger partial charge in [-0.2, -0.15) is 11.3 Å². The molecule has 0 saturated heterocycles. The van der Waals surface area contributed by atoms with Crippen molar-refractivity contribution in [2.24, 2.45) is 0 Å². The predicted octanol–water partition coefficient (Wildman–Crippen LogP) is 5.08. The van der Waals surface area contributed by atoms with Crippen molar-refractivity contribution in [1.82, 2.24) is 14.8 Å². The van der Waals surface area contributed by atoms with Gasteiger partial charge in [0.1, 0.15) is 11.6 Å². The van der Waals surface area contributed by atoms with E-state index in [4.69, 9.17) is 18.2 Å². The van der Waals surface area contributed by atoms with Crippen LogP contribution in [0, 0.1) is 6.57 Å². The second-order valence-electron chi connectivity index (χ2n) is 6.76. The molecule has 2 fully saturated rings. The fraction of sp³-hybridized carbons (Fsp3) is 0.562. The van der Waals surface area contributed by atoms with E-state index in [1.165, 1.54) is 37.0 Å². The highest BCUT2D eigenvalue weighted by molar-refractivity contribution is 7.17. The van der Waals surface area contributed by atoms with Crippen molar-refractivity contribution in [3.05, 3.63) is 39.0 Å². The van der Waals surface area contributed by atoms with Crippen molar-refractivity contribution in [3.8, 4) is 0 Å². The van der Waals surface area contributed by atoms with Crippen molar-refractivity contribution >= 4 is 27.9 Å². The summed E-state index contributed by atoms with van der Waals surface area (Å²) in [6.45, 7) is 11.5. The molecule has 4 rings (SSSR count). The number of halogens is 1. The van der Waals surface area contributed by atoms with Crippen LogP contribution in [0.25, 0.3) is 4.85 Å². The maximum absolute atomic E-state index is 7.20. The molecule has 2 aromatic rings. The van der Waals surface area contributed by atoms with Gasteiger partial charge in [-0.1, -0.05) is 11.6 Å². The number of hydrogen-bond acceptors (Lipinski definition) is 3. The third-order valence-electron chi connectivity index (χ3n) is 4.49. The highest BCUT2D eigenvalue weighted by Gasteiger charge is 2.41. The summed E-state index contributed by atoms with van der Waals surface area (Å²) in [5.74, 6) is 2.75. The lowest BCUT2D eigenvalue weighted by Gasteiger charge is -2.24. The first kappa shape index (κ1) is 14.2. The lowest BCUT2D eigenvalue weighted by molar-refractivity contribution is 0.533. The Morgan fingerprint density at radius 1 is 1.32 bits per heavy atom. The van der Waals surface area contributed by atoms with Crippen LogP contribution in [0.3, 0.4) is 0 Å². The lowest BCUT2D eigenvalue weighted by Crippen LogP contribution is -2.24. The number of rotatable bonds is 4. The molecule has 0 radical (unpaired) electrons. The number of aromatic nitrogens is 3. The largest absolute Gasteiger partial charge is 0.311 e. The van der Waals surface area contributed by atoms with Crippen molar-refractivity contribution in [2.75, 3.05) is 0 Å². The van der Waals surface area contributed by atoms with Crippen molar-refractivity contribution in [2.45, 2.75) is 56.9 Å². The summed E-state index contributed by atoms with van der Waals surface area (Å²) < 4.78 is 2.37. The molecule has 0 N–H and O–H groups in total. The van der Waals surface area contributed by atoms with Crippen LogP contribution in [0.15, 0.2) is 6.07 Å². The van der Waals surface area contributed by atoms with Gasteiger partial charge in [-0.25, -0.2) is 4.85 Å². The van der Waals surface area contributed by atoms with Crippen LogP contribution >= 0.6 is 22.9 Å². The molecule has 2 aromatic heterocycles. The minimum atomic E-state index is -0.326. The molecule has 2 aliphatic rings. The summed E-state index contributed by atoms with van der Waals surface area (Å²) in [5, 5.41) is 10.3. The monoisotopic (exact) mass is 332 g/mol. The van der Waals surface area contributed by atoms with E-state index < -0.39 is 0 Å². The molecule has 2 aliphatic carbocycles. The third kappa shape index (κ3) is 2.17. The summed E-state index contributed by atoms with van der Waals surface area (Å²) in [4.78, 5) is 4.52. The zero-order valence-electron chi connectivity index (χ0n) is 12.6. The van der Waals surface area contributed by atoms with Gasteiger partial charge in [0.05, 0.1) is 12.0 Å². The van der Waals surface area contributed by atoms with Crippen LogP contribution in [0.2, 0.25) is 5.02 Å². The molecule has 22 heavy (non-hydrogen) atoms. The van der Waals surface area contributed by atoms with Gasteiger partial charge in [0.25, 0.3) is 0 Å². The van der Waals surface area contributed by atoms with E-state index in [-0.39, 0.29) is 5.41 Å². The van der Waals surface area contributed by atoms with E-state index in [0.717, 1.165) is 16.5 Å². The van der Waals surface area contributed by atoms with E-state index in [2.05, 4.69) is 33.5 Å². The molecule has 0 bridgehead atoms. The standard InChI is InChI=1S/C16H17ClN4S/c1-16(2,13-11(17)8-12(18-3)22-13)15-20-19-14(9-4-5-9)21(15)10-6-7-10/h8-10H,4-7H2,1-2H3. The predicted molar refractivity (Wildman–Crippen MR) is 88.0 cm³/mol. The van der Waals surface area contributed by atoms with Gasteiger partial charge in [0.15, 0.2) is 0 Å². The second-order valence-corrected chi connectivity index (χ2v) is 8.19. The minimum Gasteiger partial charge on any atom is -0.311 e. The average molecular weight is 333 g/mol. The molecule has 0 amide bonds. The maximum atomic E-state index is 7.20. The molecule has 2 saturated carbocycles. The van der Waals surface area contributed by atoms with Crippen LogP contribution < -0.4 is 0 Å². The zero-order chi connectivity index (χ0) is 15.5. The normalized spacial score (nSPS) is 18.5. The third-order valence-corrected chi connectivity index (χ3v) is 6.25. The van der Waals surface area contributed by atoms with E-state index in [1.54, 1.807) is 6.07 Å². The Morgan fingerprint density at radius 3 is 2.59 bits per heavy atom. The molecule has 0 unspecified atom stereocenters. The van der Waals surface area contributed by atoms with Crippen molar-refractivity contribution in [3.63, 3.8) is 0 Å². The van der Waals surface area contributed by atoms with E-state index >= 15 is 0 Å². The van der Waals surface area contributed by atoms with Crippen LogP contribution in [0.4, 0.5) is 5.00 Å². The molecular formula is C16H17ClN4S. The van der Waals surface area contributed by atoms with Gasteiger partial charge in [0, 0.05) is 21.9 Å². The van der Waals surface area contributed by atoms with Crippen molar-refractivity contribution < 1.29 is 0 Å². The Bertz CT molecular complexity index is 775. The summed E-state index contributed by atoms with van der Waals surface area (Å²) >= 11 is 7.87. The lowest BCUT2D eigenvalue weighted by atomic mass is 9.90. The number of hydrogen-bond donors (Lipinski definition) is 0. The second kappa shape index (κ2) is 4.81. The van der Waals surface area contributed by atoms with Crippen LogP contribution in [0.1, 0.15) is 68.0 Å². The SMILES string of the molecule is [C-]#[N+]c1cc(Cl)c(C(C)(C)c2nnc(C3CC3)n2C2CC2)s1. The molecular weight excluding hydrogens is 316 g/mol. The fourth-order valence-corrected chi connectivity index (χ4v) is 4.44. The fourth-order valence-electron chi connectivity index (χ4n) is 2.98. The first-order valence-electron chi connectivity index (χ1n) is 7.65. The maximum Gasteiger partial charge on any atom is 0.242 e. The Kier molecular flexibility index (Phi) is 3.11. The Morgan fingerprint density at radius 2 is 2.05 bits per heavy atom. The van der Waals surface area contributed by atoms with Gasteiger partial charge in [0.2, 0.25) is 5.00 Å². The molecule has 6 heteroatoms. The highest BCUT2D eigenvalue weighted by Crippen LogP contribution is 2.49. The van der Waals surface area contributed by atoms with Gasteiger partial charge in [-0.3, -0.25) is 0 Å². The molecule has 0 atom stereocenters. The number of thiophene rings is 1. The summed E-state index contributed by atoms with van der Waals surface area (Å²) in [6.07, 6.45) is 4.89. The van der Waals surface area contributed by atoms with Gasteiger partial charge in [-0.15, -0.1) is 10.2 Å². The summed E-state index contributed by atoms with van der Waals surface area (Å²) in [7, 11) is 0. The number of nitrogens with zero attached hydrogens (tertiary/aromatic N) is 4. The zero-order valence-corrected chi connectivity index (χ0v) is 14.2. The highest BCUT2D eigenvalue weighted by atomic mass is 35.5. The first-order chi connectivity index (χ1) is 10.5. The topological polar surface area (TPSA) is 35.1 Å². The Hall–Kier alpha value is -1.38. The molecule has 0 aliphatic heterocycles. The van der Waals surface area contributed by atoms with E-state index in [9.17, 15) is 0 Å². The molecule has 0 aromatic carbocycles. The molecule has 0 spiro atoms. The smallest absolute Gasteiger partial charge is 0.242 e. The first-order valence-corrected chi connectivity index (χ1v) is 8.84.